The maximum Gasteiger partial charge on any atom is 0.255 e. The minimum absolute atomic E-state index is 0.133. The Morgan fingerprint density at radius 2 is 1.74 bits per heavy atom. The summed E-state index contributed by atoms with van der Waals surface area (Å²) in [6.07, 6.45) is 3.03. The zero-order valence-corrected chi connectivity index (χ0v) is 16.2. The lowest BCUT2D eigenvalue weighted by atomic mass is 10.1. The number of nitrogens with one attached hydrogen (secondary N) is 2. The van der Waals surface area contributed by atoms with E-state index >= 15 is 0 Å². The number of benzene rings is 2. The minimum Gasteiger partial charge on any atom is -0.491 e. The third-order valence-corrected chi connectivity index (χ3v) is 4.23. The summed E-state index contributed by atoms with van der Waals surface area (Å²) in [6.45, 7) is 6.79. The lowest BCUT2D eigenvalue weighted by Gasteiger charge is -2.13. The number of carbonyl (C=O) groups excluding carboxylic acids is 2. The van der Waals surface area contributed by atoms with Crippen molar-refractivity contribution >= 4 is 17.5 Å². The van der Waals surface area contributed by atoms with Gasteiger partial charge in [0.05, 0.1) is 6.10 Å². The first kappa shape index (κ1) is 20.5. The number of amides is 2. The third kappa shape index (κ3) is 6.44. The maximum absolute atomic E-state index is 12.4. The second-order valence-corrected chi connectivity index (χ2v) is 6.51. The Bertz CT molecular complexity index is 756. The second-order valence-electron chi connectivity index (χ2n) is 6.51. The predicted molar refractivity (Wildman–Crippen MR) is 108 cm³/mol. The highest BCUT2D eigenvalue weighted by Crippen LogP contribution is 2.17. The Balaban J connectivity index is 1.99. The van der Waals surface area contributed by atoms with Crippen LogP contribution in [0.15, 0.2) is 48.5 Å². The van der Waals surface area contributed by atoms with Gasteiger partial charge in [-0.05, 0) is 62.2 Å². The van der Waals surface area contributed by atoms with Crippen LogP contribution in [0.3, 0.4) is 0 Å². The second kappa shape index (κ2) is 10.4. The molecular weight excluding hydrogens is 340 g/mol. The molecule has 0 bridgehead atoms. The van der Waals surface area contributed by atoms with Gasteiger partial charge in [-0.1, -0.05) is 26.3 Å². The highest BCUT2D eigenvalue weighted by atomic mass is 16.5. The molecule has 5 nitrogen and oxygen atoms in total. The van der Waals surface area contributed by atoms with Gasteiger partial charge in [-0.3, -0.25) is 9.59 Å². The molecule has 0 saturated heterocycles. The van der Waals surface area contributed by atoms with Gasteiger partial charge in [-0.2, -0.15) is 0 Å². The average Bonchev–Trinajstić information content (AvgIpc) is 2.68. The first-order valence-corrected chi connectivity index (χ1v) is 9.49. The van der Waals surface area contributed by atoms with E-state index < -0.39 is 0 Å². The summed E-state index contributed by atoms with van der Waals surface area (Å²) in [5.41, 5.74) is 1.65. The number of anilines is 1. The Kier molecular flexibility index (Phi) is 7.86. The molecule has 0 fully saturated rings. The molecule has 2 amide bonds. The summed E-state index contributed by atoms with van der Waals surface area (Å²) in [5, 5.41) is 5.71. The smallest absolute Gasteiger partial charge is 0.255 e. The van der Waals surface area contributed by atoms with Gasteiger partial charge in [-0.15, -0.1) is 0 Å². The van der Waals surface area contributed by atoms with Gasteiger partial charge in [0.2, 0.25) is 0 Å². The molecule has 2 N–H and O–H groups in total. The summed E-state index contributed by atoms with van der Waals surface area (Å²) in [7, 11) is 0. The van der Waals surface area contributed by atoms with Crippen molar-refractivity contribution in [3.8, 4) is 5.75 Å². The van der Waals surface area contributed by atoms with Gasteiger partial charge >= 0.3 is 0 Å². The van der Waals surface area contributed by atoms with Crippen LogP contribution in [0, 0.1) is 0 Å². The van der Waals surface area contributed by atoms with Crippen LogP contribution in [0.5, 0.6) is 5.75 Å². The molecule has 2 aromatic carbocycles. The van der Waals surface area contributed by atoms with Gasteiger partial charge in [0, 0.05) is 23.4 Å². The number of unbranched alkanes of at least 4 members (excludes halogenated alkanes) is 1. The first-order valence-electron chi connectivity index (χ1n) is 9.49. The van der Waals surface area contributed by atoms with Gasteiger partial charge in [0.1, 0.15) is 5.75 Å². The molecule has 0 heterocycles. The Morgan fingerprint density at radius 1 is 1.00 bits per heavy atom. The normalized spacial score (nSPS) is 11.5. The zero-order valence-electron chi connectivity index (χ0n) is 16.2. The zero-order chi connectivity index (χ0) is 19.6. The molecule has 2 aromatic rings. The summed E-state index contributed by atoms with van der Waals surface area (Å²) < 4.78 is 5.72. The van der Waals surface area contributed by atoms with Crippen LogP contribution >= 0.6 is 0 Å². The molecular formula is C22H28N2O3. The standard InChI is InChI=1S/C22H28N2O3/c1-4-6-14-23-21(25)18-8-7-9-19(15-18)24-22(26)17-10-12-20(13-11-17)27-16(3)5-2/h7-13,15-16H,4-6,14H2,1-3H3,(H,23,25)(H,24,26). The number of hydrogen-bond acceptors (Lipinski definition) is 3. The van der Waals surface area contributed by atoms with Crippen LogP contribution in [0.1, 0.15) is 60.7 Å². The molecule has 0 aliphatic heterocycles. The number of rotatable bonds is 9. The largest absolute Gasteiger partial charge is 0.491 e. The molecule has 5 heteroatoms. The van der Waals surface area contributed by atoms with Gasteiger partial charge in [0.15, 0.2) is 0 Å². The van der Waals surface area contributed by atoms with Crippen molar-refractivity contribution in [3.05, 3.63) is 59.7 Å². The highest BCUT2D eigenvalue weighted by molar-refractivity contribution is 6.05. The van der Waals surface area contributed by atoms with Crippen molar-refractivity contribution < 1.29 is 14.3 Å². The van der Waals surface area contributed by atoms with E-state index in [1.54, 1.807) is 48.5 Å². The Morgan fingerprint density at radius 3 is 2.41 bits per heavy atom. The SMILES string of the molecule is CCCCNC(=O)c1cccc(NC(=O)c2ccc(OC(C)CC)cc2)c1. The van der Waals surface area contributed by atoms with Crippen molar-refractivity contribution in [2.45, 2.75) is 46.1 Å². The minimum atomic E-state index is -0.228. The topological polar surface area (TPSA) is 67.4 Å². The van der Waals surface area contributed by atoms with E-state index in [-0.39, 0.29) is 17.9 Å². The van der Waals surface area contributed by atoms with Crippen LogP contribution in [-0.4, -0.2) is 24.5 Å². The Hall–Kier alpha value is -2.82. The van der Waals surface area contributed by atoms with Crippen molar-refractivity contribution in [3.63, 3.8) is 0 Å². The van der Waals surface area contributed by atoms with Crippen LogP contribution in [0.2, 0.25) is 0 Å². The lowest BCUT2D eigenvalue weighted by Crippen LogP contribution is -2.24. The molecule has 0 aromatic heterocycles. The molecule has 0 spiro atoms. The van der Waals surface area contributed by atoms with Crippen molar-refractivity contribution in [1.82, 2.24) is 5.32 Å². The monoisotopic (exact) mass is 368 g/mol. The fourth-order valence-corrected chi connectivity index (χ4v) is 2.42. The van der Waals surface area contributed by atoms with Crippen molar-refractivity contribution in [1.29, 1.82) is 0 Å². The van der Waals surface area contributed by atoms with E-state index in [0.29, 0.717) is 23.4 Å². The molecule has 0 radical (unpaired) electrons. The molecule has 2 rings (SSSR count). The summed E-state index contributed by atoms with van der Waals surface area (Å²) in [5.74, 6) is 0.381. The van der Waals surface area contributed by atoms with Crippen LogP contribution in [0.4, 0.5) is 5.69 Å². The summed E-state index contributed by atoms with van der Waals surface area (Å²) in [6, 6.07) is 14.0. The van der Waals surface area contributed by atoms with Crippen molar-refractivity contribution in [2.75, 3.05) is 11.9 Å². The Labute approximate surface area is 161 Å². The first-order chi connectivity index (χ1) is 13.0. The molecule has 0 saturated carbocycles. The van der Waals surface area contributed by atoms with Crippen LogP contribution in [0.25, 0.3) is 0 Å². The van der Waals surface area contributed by atoms with E-state index in [1.165, 1.54) is 0 Å². The van der Waals surface area contributed by atoms with Crippen LogP contribution in [-0.2, 0) is 0 Å². The fourth-order valence-electron chi connectivity index (χ4n) is 2.42. The van der Waals surface area contributed by atoms with E-state index in [2.05, 4.69) is 24.5 Å². The molecule has 27 heavy (non-hydrogen) atoms. The van der Waals surface area contributed by atoms with E-state index in [4.69, 9.17) is 4.74 Å². The average molecular weight is 368 g/mol. The summed E-state index contributed by atoms with van der Waals surface area (Å²) >= 11 is 0. The fraction of sp³-hybridized carbons (Fsp3) is 0.364. The molecule has 144 valence electrons. The third-order valence-electron chi connectivity index (χ3n) is 4.23. The van der Waals surface area contributed by atoms with E-state index in [9.17, 15) is 9.59 Å². The predicted octanol–water partition coefficient (Wildman–Crippen LogP) is 4.65. The number of hydrogen-bond donors (Lipinski definition) is 2. The molecule has 1 atom stereocenters. The van der Waals surface area contributed by atoms with E-state index in [0.717, 1.165) is 25.0 Å². The molecule has 0 aliphatic carbocycles. The molecule has 1 unspecified atom stereocenters. The van der Waals surface area contributed by atoms with Crippen LogP contribution < -0.4 is 15.4 Å². The van der Waals surface area contributed by atoms with Gasteiger partial charge in [-0.25, -0.2) is 0 Å². The van der Waals surface area contributed by atoms with Gasteiger partial charge < -0.3 is 15.4 Å². The number of carbonyl (C=O) groups is 2. The van der Waals surface area contributed by atoms with Crippen molar-refractivity contribution in [2.24, 2.45) is 0 Å². The highest BCUT2D eigenvalue weighted by Gasteiger charge is 2.10. The lowest BCUT2D eigenvalue weighted by molar-refractivity contribution is 0.0951. The van der Waals surface area contributed by atoms with E-state index in [1.807, 2.05) is 6.92 Å². The maximum atomic E-state index is 12.4. The quantitative estimate of drug-likeness (QED) is 0.633. The summed E-state index contributed by atoms with van der Waals surface area (Å²) in [4.78, 5) is 24.6. The number of ether oxygens (including phenoxy) is 1. The molecule has 0 aliphatic rings. The van der Waals surface area contributed by atoms with Gasteiger partial charge in [0.25, 0.3) is 11.8 Å².